The molecule has 2 unspecified atom stereocenters. The fourth-order valence-electron chi connectivity index (χ4n) is 3.33. The molecule has 1 N–H and O–H groups in total. The zero-order valence-electron chi connectivity index (χ0n) is 14.1. The third-order valence-corrected chi connectivity index (χ3v) is 4.89. The zero-order valence-corrected chi connectivity index (χ0v) is 14.9. The van der Waals surface area contributed by atoms with E-state index in [0.29, 0.717) is 0 Å². The number of ether oxygens (including phenoxy) is 4. The lowest BCUT2D eigenvalue weighted by molar-refractivity contribution is -0.135. The van der Waals surface area contributed by atoms with E-state index >= 15 is 0 Å². The summed E-state index contributed by atoms with van der Waals surface area (Å²) in [6, 6.07) is 1.46. The van der Waals surface area contributed by atoms with Gasteiger partial charge < -0.3 is 24.1 Å². The minimum absolute atomic E-state index is 0.0143. The highest BCUT2D eigenvalue weighted by molar-refractivity contribution is 6.35. The van der Waals surface area contributed by atoms with Gasteiger partial charge in [-0.15, -0.1) is 0 Å². The molecule has 3 rings (SSSR count). The van der Waals surface area contributed by atoms with Crippen molar-refractivity contribution >= 4 is 23.2 Å². The summed E-state index contributed by atoms with van der Waals surface area (Å²) < 4.78 is 21.6. The molecule has 1 aliphatic carbocycles. The number of rotatable bonds is 3. The molecular formula is C17H17ClO7. The van der Waals surface area contributed by atoms with Crippen LogP contribution in [0.3, 0.4) is 0 Å². The summed E-state index contributed by atoms with van der Waals surface area (Å²) in [7, 11) is 4.09. The lowest BCUT2D eigenvalue weighted by atomic mass is 9.72. The lowest BCUT2D eigenvalue weighted by Gasteiger charge is -2.42. The monoisotopic (exact) mass is 368 g/mol. The number of hydrogen-bond acceptors (Lipinski definition) is 7. The molecule has 2 atom stereocenters. The van der Waals surface area contributed by atoms with Crippen molar-refractivity contribution in [2.45, 2.75) is 24.5 Å². The number of methoxy groups -OCH3 is 3. The van der Waals surface area contributed by atoms with E-state index in [0.717, 1.165) is 6.08 Å². The SMILES string of the molecule is COC1=CC(=O)CC(C)(O)C12Oc1c(Cl)c(OC)cc(OC)c1C2=O. The molecule has 0 fully saturated rings. The van der Waals surface area contributed by atoms with E-state index in [-0.39, 0.29) is 45.8 Å². The van der Waals surface area contributed by atoms with Crippen LogP contribution >= 0.6 is 11.6 Å². The van der Waals surface area contributed by atoms with Crippen LogP contribution in [0.25, 0.3) is 0 Å². The van der Waals surface area contributed by atoms with Gasteiger partial charge in [0.2, 0.25) is 5.78 Å². The van der Waals surface area contributed by atoms with Gasteiger partial charge >= 0.3 is 0 Å². The number of hydrogen-bond donors (Lipinski definition) is 1. The molecule has 1 spiro atoms. The first-order valence-electron chi connectivity index (χ1n) is 7.43. The van der Waals surface area contributed by atoms with Crippen molar-refractivity contribution in [3.05, 3.63) is 28.5 Å². The summed E-state index contributed by atoms with van der Waals surface area (Å²) in [4.78, 5) is 25.2. The van der Waals surface area contributed by atoms with Crippen LogP contribution in [0.5, 0.6) is 17.2 Å². The second-order valence-electron chi connectivity index (χ2n) is 6.04. The Balaban J connectivity index is 2.31. The smallest absolute Gasteiger partial charge is 0.256 e. The molecule has 0 aromatic heterocycles. The van der Waals surface area contributed by atoms with Crippen LogP contribution in [0.2, 0.25) is 5.02 Å². The quantitative estimate of drug-likeness (QED) is 0.871. The predicted molar refractivity (Wildman–Crippen MR) is 87.6 cm³/mol. The fraction of sp³-hybridized carbons (Fsp3) is 0.412. The van der Waals surface area contributed by atoms with Crippen LogP contribution in [0.15, 0.2) is 17.9 Å². The van der Waals surface area contributed by atoms with Crippen LogP contribution < -0.4 is 14.2 Å². The Labute approximate surface area is 149 Å². The van der Waals surface area contributed by atoms with Gasteiger partial charge in [0.25, 0.3) is 5.60 Å². The molecular weight excluding hydrogens is 352 g/mol. The van der Waals surface area contributed by atoms with Crippen molar-refractivity contribution in [3.63, 3.8) is 0 Å². The van der Waals surface area contributed by atoms with E-state index in [2.05, 4.69) is 0 Å². The van der Waals surface area contributed by atoms with Crippen molar-refractivity contribution in [3.8, 4) is 17.2 Å². The van der Waals surface area contributed by atoms with E-state index in [1.165, 1.54) is 34.3 Å². The highest BCUT2D eigenvalue weighted by atomic mass is 35.5. The fourth-order valence-corrected chi connectivity index (χ4v) is 3.60. The molecule has 0 bridgehead atoms. The maximum Gasteiger partial charge on any atom is 0.256 e. The summed E-state index contributed by atoms with van der Waals surface area (Å²) in [5, 5.41) is 11.0. The third-order valence-electron chi connectivity index (χ3n) is 4.53. The second kappa shape index (κ2) is 5.64. The van der Waals surface area contributed by atoms with E-state index in [1.807, 2.05) is 0 Å². The second-order valence-corrected chi connectivity index (χ2v) is 6.42. The van der Waals surface area contributed by atoms with Gasteiger partial charge in [0.05, 0.1) is 21.3 Å². The Morgan fingerprint density at radius 2 is 1.80 bits per heavy atom. The largest absolute Gasteiger partial charge is 0.496 e. The maximum atomic E-state index is 13.3. The van der Waals surface area contributed by atoms with Crippen LogP contribution in [-0.4, -0.2) is 49.2 Å². The minimum Gasteiger partial charge on any atom is -0.496 e. The Bertz CT molecular complexity index is 812. The lowest BCUT2D eigenvalue weighted by Crippen LogP contribution is -2.63. The first-order valence-corrected chi connectivity index (χ1v) is 7.81. The highest BCUT2D eigenvalue weighted by Gasteiger charge is 2.66. The van der Waals surface area contributed by atoms with Gasteiger partial charge in [-0.1, -0.05) is 11.6 Å². The zero-order chi connectivity index (χ0) is 18.6. The maximum absolute atomic E-state index is 13.3. The molecule has 1 aromatic rings. The average molecular weight is 369 g/mol. The summed E-state index contributed by atoms with van der Waals surface area (Å²) in [6.07, 6.45) is 0.843. The van der Waals surface area contributed by atoms with Crippen molar-refractivity contribution in [1.82, 2.24) is 0 Å². The van der Waals surface area contributed by atoms with E-state index in [4.69, 9.17) is 30.5 Å². The van der Waals surface area contributed by atoms with E-state index < -0.39 is 17.0 Å². The molecule has 8 heteroatoms. The Morgan fingerprint density at radius 1 is 1.16 bits per heavy atom. The Kier molecular flexibility index (Phi) is 3.96. The molecule has 25 heavy (non-hydrogen) atoms. The van der Waals surface area contributed by atoms with E-state index in [1.54, 1.807) is 0 Å². The molecule has 0 saturated carbocycles. The van der Waals surface area contributed by atoms with Gasteiger partial charge in [0.15, 0.2) is 17.3 Å². The average Bonchev–Trinajstić information content (AvgIpc) is 2.87. The van der Waals surface area contributed by atoms with Gasteiger partial charge in [-0.25, -0.2) is 0 Å². The number of aliphatic hydroxyl groups is 1. The Morgan fingerprint density at radius 3 is 2.36 bits per heavy atom. The third kappa shape index (κ3) is 2.15. The summed E-state index contributed by atoms with van der Waals surface area (Å²) in [6.45, 7) is 1.35. The van der Waals surface area contributed by atoms with Gasteiger partial charge in [-0.05, 0) is 6.92 Å². The van der Waals surface area contributed by atoms with Crippen molar-refractivity contribution in [2.24, 2.45) is 0 Å². The number of allylic oxidation sites excluding steroid dienone is 1. The number of halogens is 1. The Hall–Kier alpha value is -2.25. The molecule has 0 radical (unpaired) electrons. The highest BCUT2D eigenvalue weighted by Crippen LogP contribution is 2.55. The van der Waals surface area contributed by atoms with Crippen molar-refractivity contribution in [1.29, 1.82) is 0 Å². The van der Waals surface area contributed by atoms with Gasteiger partial charge in [-0.3, -0.25) is 9.59 Å². The standard InChI is InChI=1S/C17H17ClO7/c1-16(21)7-8(19)5-11(24-4)17(16)15(20)12-9(22-2)6-10(23-3)13(18)14(12)25-17/h5-6,21H,7H2,1-4H3. The van der Waals surface area contributed by atoms with Gasteiger partial charge in [-0.2, -0.15) is 0 Å². The van der Waals surface area contributed by atoms with Gasteiger partial charge in [0.1, 0.15) is 27.7 Å². The van der Waals surface area contributed by atoms with Crippen LogP contribution in [0, 0.1) is 0 Å². The number of carbonyl (C=O) groups is 2. The molecule has 134 valence electrons. The molecule has 0 amide bonds. The molecule has 0 saturated heterocycles. The molecule has 2 aliphatic rings. The van der Waals surface area contributed by atoms with Crippen LogP contribution in [0.1, 0.15) is 23.7 Å². The molecule has 1 aromatic carbocycles. The number of Topliss-reactive ketones (excluding diaryl/α,β-unsaturated/α-hetero) is 1. The van der Waals surface area contributed by atoms with Crippen LogP contribution in [-0.2, 0) is 9.53 Å². The number of carbonyl (C=O) groups excluding carboxylic acids is 2. The number of ketones is 2. The van der Waals surface area contributed by atoms with Gasteiger partial charge in [0, 0.05) is 18.6 Å². The summed E-state index contributed by atoms with van der Waals surface area (Å²) in [5.74, 6) is -0.629. The van der Waals surface area contributed by atoms with Crippen LogP contribution in [0.4, 0.5) is 0 Å². The topological polar surface area (TPSA) is 91.3 Å². The normalized spacial score (nSPS) is 27.7. The van der Waals surface area contributed by atoms with Crippen molar-refractivity contribution in [2.75, 3.05) is 21.3 Å². The number of fused-ring (bicyclic) bond motifs is 1. The first-order chi connectivity index (χ1) is 11.7. The molecule has 1 aliphatic heterocycles. The van der Waals surface area contributed by atoms with Crippen molar-refractivity contribution < 1.29 is 33.6 Å². The molecule has 1 heterocycles. The number of benzene rings is 1. The molecule has 7 nitrogen and oxygen atoms in total. The summed E-state index contributed by atoms with van der Waals surface area (Å²) in [5.41, 5.74) is -3.71. The summed E-state index contributed by atoms with van der Waals surface area (Å²) >= 11 is 6.30. The predicted octanol–water partition coefficient (Wildman–Crippen LogP) is 1.93. The minimum atomic E-state index is -1.93. The first kappa shape index (κ1) is 17.6. The van der Waals surface area contributed by atoms with E-state index in [9.17, 15) is 14.7 Å².